The van der Waals surface area contributed by atoms with Gasteiger partial charge in [-0.3, -0.25) is 23.5 Å². The summed E-state index contributed by atoms with van der Waals surface area (Å²) in [5.41, 5.74) is -1.35. The predicted molar refractivity (Wildman–Crippen MR) is 214 cm³/mol. The van der Waals surface area contributed by atoms with Crippen molar-refractivity contribution in [2.75, 3.05) is 97.4 Å². The van der Waals surface area contributed by atoms with Gasteiger partial charge in [0.05, 0.1) is 13.2 Å². The average Bonchev–Trinajstić information content (AvgIpc) is 3.07. The van der Waals surface area contributed by atoms with E-state index in [2.05, 4.69) is 107 Å². The van der Waals surface area contributed by atoms with Crippen LogP contribution in [0.5, 0.6) is 0 Å². The highest BCUT2D eigenvalue weighted by Crippen LogP contribution is 2.65. The molecule has 1 unspecified atom stereocenters. The molecule has 0 aromatic carbocycles. The van der Waals surface area contributed by atoms with Gasteiger partial charge in [-0.05, 0) is 78.5 Å². The van der Waals surface area contributed by atoms with Gasteiger partial charge in [-0.2, -0.15) is 0 Å². The van der Waals surface area contributed by atoms with Gasteiger partial charge >= 0.3 is 21.1 Å². The number of nitrogens with one attached hydrogen (secondary N) is 1. The average molecular weight is 813 g/mol. The van der Waals surface area contributed by atoms with Crippen LogP contribution in [0.1, 0.15) is 83.1 Å². The maximum Gasteiger partial charge on any atom is 0.475 e. The van der Waals surface area contributed by atoms with Gasteiger partial charge < -0.3 is 43.9 Å². The van der Waals surface area contributed by atoms with E-state index in [0.29, 0.717) is 0 Å². The Morgan fingerprint density at radius 3 is 1.17 bits per heavy atom. The van der Waals surface area contributed by atoms with Crippen LogP contribution in [0.15, 0.2) is 21.9 Å². The summed E-state index contributed by atoms with van der Waals surface area (Å²) in [6.07, 6.45) is 0.174. The second kappa shape index (κ2) is 34.5. The Morgan fingerprint density at radius 2 is 0.942 bits per heavy atom. The third-order valence-electron chi connectivity index (χ3n) is 7.68. The number of ether oxygens (including phenoxy) is 1. The molecule has 1 aromatic rings. The largest absolute Gasteiger partial charge is 0.475 e. The summed E-state index contributed by atoms with van der Waals surface area (Å²) in [7, 11) is -14.7. The van der Waals surface area contributed by atoms with Crippen molar-refractivity contribution >= 4 is 22.8 Å². The summed E-state index contributed by atoms with van der Waals surface area (Å²) in [6, 6.07) is 1.07. The summed E-state index contributed by atoms with van der Waals surface area (Å²) in [5, 5.41) is 0. The molecule has 17 nitrogen and oxygen atoms in total. The lowest BCUT2D eigenvalue weighted by molar-refractivity contribution is 0.156. The van der Waals surface area contributed by atoms with Crippen molar-refractivity contribution in [3.63, 3.8) is 0 Å². The minimum absolute atomic E-state index is 0.124. The number of H-pyrrole nitrogens is 1. The van der Waals surface area contributed by atoms with Crippen molar-refractivity contribution < 1.29 is 42.3 Å². The molecule has 0 aliphatic rings. The molecule has 1 aromatic heterocycles. The van der Waals surface area contributed by atoms with Crippen LogP contribution in [-0.2, 0) is 29.3 Å². The summed E-state index contributed by atoms with van der Waals surface area (Å²) < 4.78 is 43.7. The number of phosphoric acid groups is 1. The number of nitrogens with zero attached hydrogens (tertiary/aromatic N) is 5. The third kappa shape index (κ3) is 36.0. The zero-order valence-corrected chi connectivity index (χ0v) is 36.9. The van der Waals surface area contributed by atoms with Gasteiger partial charge in [0.25, 0.3) is 5.56 Å². The van der Waals surface area contributed by atoms with Crippen molar-refractivity contribution in [2.45, 2.75) is 89.6 Å². The lowest BCUT2D eigenvalue weighted by atomic mass is 10.5. The summed E-state index contributed by atoms with van der Waals surface area (Å²) in [6.45, 7) is 40.1. The lowest BCUT2D eigenvalue weighted by Crippen LogP contribution is -2.29. The van der Waals surface area contributed by atoms with Crippen LogP contribution in [0.2, 0.25) is 0 Å². The first kappa shape index (κ1) is 57.7. The molecular formula is C32H75N6O11P3. The van der Waals surface area contributed by atoms with E-state index in [1.165, 1.54) is 78.5 Å². The fourth-order valence-electron chi connectivity index (χ4n) is 4.23. The van der Waals surface area contributed by atoms with E-state index in [9.17, 15) is 23.3 Å². The molecule has 314 valence electrons. The molecule has 0 amide bonds. The first-order valence-corrected chi connectivity index (χ1v) is 23.7. The van der Waals surface area contributed by atoms with Crippen molar-refractivity contribution in [1.82, 2.24) is 29.2 Å². The Bertz CT molecular complexity index is 1110. The standard InChI is InChI=1S/C8H15N2O11P3.4C6H15N/c11-7-1-2-10(8(12)9-7)3-4-20-5-22(13,6-23(14,15)16)21-24(17,18)19;4*1-4-7(5-2)6-3/h1-2H,3-6H2,(H,9,11,12)(H2,14,15,16)(H2,17,18,19);4*4-6H2,1-3H3. The quantitative estimate of drug-likeness (QED) is 0.0857. The van der Waals surface area contributed by atoms with Gasteiger partial charge in [-0.15, -0.1) is 0 Å². The molecule has 0 saturated carbocycles. The second-order valence-electron chi connectivity index (χ2n) is 11.0. The minimum atomic E-state index is -5.27. The van der Waals surface area contributed by atoms with Crippen LogP contribution in [0.4, 0.5) is 0 Å². The summed E-state index contributed by atoms with van der Waals surface area (Å²) >= 11 is 0. The molecule has 0 fully saturated rings. The van der Waals surface area contributed by atoms with Crippen molar-refractivity contribution in [2.24, 2.45) is 0 Å². The van der Waals surface area contributed by atoms with E-state index in [1.54, 1.807) is 0 Å². The van der Waals surface area contributed by atoms with E-state index in [-0.39, 0.29) is 13.2 Å². The number of aromatic amines is 1. The molecule has 1 rings (SSSR count). The molecule has 5 N–H and O–H groups in total. The van der Waals surface area contributed by atoms with Crippen molar-refractivity contribution in [3.05, 3.63) is 33.1 Å². The highest BCUT2D eigenvalue weighted by Gasteiger charge is 2.39. The highest BCUT2D eigenvalue weighted by molar-refractivity contribution is 7.76. The van der Waals surface area contributed by atoms with Gasteiger partial charge in [0.15, 0.2) is 0 Å². The van der Waals surface area contributed by atoms with Gasteiger partial charge in [-0.1, -0.05) is 83.1 Å². The number of aromatic nitrogens is 2. The van der Waals surface area contributed by atoms with E-state index >= 15 is 0 Å². The van der Waals surface area contributed by atoms with E-state index in [1.807, 2.05) is 4.98 Å². The summed E-state index contributed by atoms with van der Waals surface area (Å²) in [5.74, 6) is -1.41. The Balaban J connectivity index is -0.000000334. The molecular weight excluding hydrogens is 737 g/mol. The topological polar surface area (TPSA) is 218 Å². The van der Waals surface area contributed by atoms with Crippen LogP contribution >= 0.6 is 22.8 Å². The molecule has 0 saturated heterocycles. The highest BCUT2D eigenvalue weighted by atomic mass is 31.3. The predicted octanol–water partition coefficient (Wildman–Crippen LogP) is 4.43. The van der Waals surface area contributed by atoms with Crippen LogP contribution < -0.4 is 11.2 Å². The van der Waals surface area contributed by atoms with Crippen LogP contribution in [0.25, 0.3) is 0 Å². The third-order valence-corrected chi connectivity index (χ3v) is 13.5. The van der Waals surface area contributed by atoms with Crippen LogP contribution in [-0.4, -0.2) is 146 Å². The van der Waals surface area contributed by atoms with Gasteiger partial charge in [-0.25, -0.2) is 13.7 Å². The molecule has 1 heterocycles. The maximum absolute atomic E-state index is 12.1. The van der Waals surface area contributed by atoms with Gasteiger partial charge in [0, 0.05) is 12.3 Å². The monoisotopic (exact) mass is 812 g/mol. The van der Waals surface area contributed by atoms with Gasteiger partial charge in [0.2, 0.25) is 7.37 Å². The Hall–Kier alpha value is -1.03. The van der Waals surface area contributed by atoms with Crippen LogP contribution in [0.3, 0.4) is 0 Å². The molecule has 0 aliphatic heterocycles. The van der Waals surface area contributed by atoms with Crippen LogP contribution in [0, 0.1) is 0 Å². The van der Waals surface area contributed by atoms with E-state index in [4.69, 9.17) is 24.3 Å². The molecule has 0 radical (unpaired) electrons. The molecule has 52 heavy (non-hydrogen) atoms. The fourth-order valence-corrected chi connectivity index (χ4v) is 9.62. The number of hydrogen-bond donors (Lipinski definition) is 5. The smallest absolute Gasteiger partial charge is 0.369 e. The zero-order chi connectivity index (χ0) is 41.4. The first-order chi connectivity index (χ1) is 24.2. The minimum Gasteiger partial charge on any atom is -0.369 e. The second-order valence-corrected chi connectivity index (χ2v) is 17.0. The van der Waals surface area contributed by atoms with Crippen molar-refractivity contribution in [3.8, 4) is 0 Å². The number of rotatable bonds is 21. The molecule has 0 aliphatic carbocycles. The summed E-state index contributed by atoms with van der Waals surface area (Å²) in [4.78, 5) is 68.7. The van der Waals surface area contributed by atoms with Gasteiger partial charge in [0.1, 0.15) is 12.3 Å². The molecule has 0 bridgehead atoms. The molecule has 20 heteroatoms. The van der Waals surface area contributed by atoms with Crippen molar-refractivity contribution in [1.29, 1.82) is 0 Å². The Kier molecular flexibility index (Phi) is 38.2. The SMILES string of the molecule is CCN(CC)CC.CCN(CC)CC.CCN(CC)CC.CCN(CC)CC.O=c1ccn(CCOCP(=O)(CP(=O)(O)O)OP(=O)(O)O)c(=O)[nH]1. The molecule has 0 spiro atoms. The number of hydrogen-bond acceptors (Lipinski definition) is 11. The Labute approximate surface area is 313 Å². The Morgan fingerprint density at radius 1 is 0.615 bits per heavy atom. The normalized spacial score (nSPS) is 12.5. The molecule has 1 atom stereocenters. The van der Waals surface area contributed by atoms with E-state index in [0.717, 1.165) is 16.8 Å². The van der Waals surface area contributed by atoms with E-state index < -0.39 is 46.3 Å². The lowest BCUT2D eigenvalue weighted by Gasteiger charge is -2.19. The first-order valence-electron chi connectivity index (χ1n) is 18.3. The maximum atomic E-state index is 12.1. The fraction of sp³-hybridized carbons (Fsp3) is 0.875. The zero-order valence-electron chi connectivity index (χ0n) is 34.2.